The van der Waals surface area contributed by atoms with Crippen molar-refractivity contribution in [2.24, 2.45) is 0 Å². The molecular formula is C13H13N3O5S. The fraction of sp³-hybridized carbons (Fsp3) is 0.231. The van der Waals surface area contributed by atoms with Crippen molar-refractivity contribution in [2.75, 3.05) is 10.7 Å². The van der Waals surface area contributed by atoms with E-state index in [1.807, 2.05) is 0 Å². The Morgan fingerprint density at radius 2 is 1.91 bits per heavy atom. The zero-order chi connectivity index (χ0) is 16.4. The summed E-state index contributed by atoms with van der Waals surface area (Å²) in [5.74, 6) is -1.98. The molecule has 1 atom stereocenters. The number of nitrogens with zero attached hydrogens (tertiary/aromatic N) is 1. The second-order valence-electron chi connectivity index (χ2n) is 4.53. The number of amides is 1. The van der Waals surface area contributed by atoms with Crippen molar-refractivity contribution >= 4 is 41.0 Å². The molecule has 0 saturated carbocycles. The number of carboxylic acids is 1. The van der Waals surface area contributed by atoms with Gasteiger partial charge in [0.2, 0.25) is 5.91 Å². The van der Waals surface area contributed by atoms with Gasteiger partial charge in [0.1, 0.15) is 6.04 Å². The third-order valence-electron chi connectivity index (χ3n) is 3.17. The van der Waals surface area contributed by atoms with Crippen LogP contribution in [0.5, 0.6) is 0 Å². The highest BCUT2D eigenvalue weighted by Crippen LogP contribution is 2.24. The number of nitrogens with one attached hydrogen (secondary N) is 2. The summed E-state index contributed by atoms with van der Waals surface area (Å²) in [6.07, 6.45) is 0. The highest BCUT2D eigenvalue weighted by molar-refractivity contribution is 7.80. The third kappa shape index (κ3) is 2.62. The predicted molar refractivity (Wildman–Crippen MR) is 83.6 cm³/mol. The highest BCUT2D eigenvalue weighted by atomic mass is 32.1. The number of aromatic nitrogens is 2. The van der Waals surface area contributed by atoms with Crippen molar-refractivity contribution in [3.63, 3.8) is 0 Å². The van der Waals surface area contributed by atoms with Gasteiger partial charge in [-0.05, 0) is 12.1 Å². The molecule has 0 saturated heterocycles. The van der Waals surface area contributed by atoms with Crippen LogP contribution in [0.2, 0.25) is 0 Å². The zero-order valence-electron chi connectivity index (χ0n) is 11.5. The van der Waals surface area contributed by atoms with Gasteiger partial charge in [-0.2, -0.15) is 12.6 Å². The van der Waals surface area contributed by atoms with Crippen LogP contribution in [-0.4, -0.2) is 39.0 Å². The number of carbonyl (C=O) groups excluding carboxylic acids is 1. The molecule has 1 amide bonds. The number of hydrogen-bond acceptors (Lipinski definition) is 5. The number of carboxylic acid groups (broad SMARTS) is 1. The number of aliphatic carboxylic acids is 1. The number of hydrogen-bond donors (Lipinski definition) is 4. The van der Waals surface area contributed by atoms with E-state index < -0.39 is 29.0 Å². The van der Waals surface area contributed by atoms with Crippen LogP contribution < -0.4 is 16.0 Å². The molecule has 1 aromatic carbocycles. The molecule has 9 heteroatoms. The molecular weight excluding hydrogens is 310 g/mol. The molecule has 1 unspecified atom stereocenters. The molecule has 0 spiro atoms. The molecule has 0 aliphatic carbocycles. The summed E-state index contributed by atoms with van der Waals surface area (Å²) in [5, 5.41) is 13.6. The second-order valence-corrected chi connectivity index (χ2v) is 4.90. The van der Waals surface area contributed by atoms with Gasteiger partial charge in [-0.1, -0.05) is 6.07 Å². The highest BCUT2D eigenvalue weighted by Gasteiger charge is 2.29. The molecule has 3 N–H and O–H groups in total. The molecule has 0 radical (unpaired) electrons. The number of rotatable bonds is 4. The van der Waals surface area contributed by atoms with Gasteiger partial charge in [-0.3, -0.25) is 29.5 Å². The first-order valence-corrected chi connectivity index (χ1v) is 6.89. The fourth-order valence-electron chi connectivity index (χ4n) is 2.24. The first kappa shape index (κ1) is 15.8. The SMILES string of the molecule is CC(=O)N(c1cccc2c(=O)[nH][nH]c(=O)c12)C(CS)C(=O)O. The molecule has 0 bridgehead atoms. The summed E-state index contributed by atoms with van der Waals surface area (Å²) in [7, 11) is 0. The number of thiol groups is 1. The minimum absolute atomic E-state index is 0.0468. The van der Waals surface area contributed by atoms with Crippen molar-refractivity contribution in [2.45, 2.75) is 13.0 Å². The van der Waals surface area contributed by atoms with E-state index in [0.29, 0.717) is 0 Å². The van der Waals surface area contributed by atoms with E-state index in [1.54, 1.807) is 0 Å². The van der Waals surface area contributed by atoms with Crippen molar-refractivity contribution in [1.82, 2.24) is 10.2 Å². The lowest BCUT2D eigenvalue weighted by atomic mass is 10.1. The minimum Gasteiger partial charge on any atom is -0.480 e. The topological polar surface area (TPSA) is 123 Å². The number of carbonyl (C=O) groups is 2. The Hall–Kier alpha value is -2.55. The van der Waals surface area contributed by atoms with E-state index >= 15 is 0 Å². The summed E-state index contributed by atoms with van der Waals surface area (Å²) in [6.45, 7) is 1.18. The maximum Gasteiger partial charge on any atom is 0.327 e. The summed E-state index contributed by atoms with van der Waals surface area (Å²) in [4.78, 5) is 48.0. The first-order valence-electron chi connectivity index (χ1n) is 6.25. The van der Waals surface area contributed by atoms with E-state index in [-0.39, 0.29) is 22.2 Å². The zero-order valence-corrected chi connectivity index (χ0v) is 12.4. The lowest BCUT2D eigenvalue weighted by molar-refractivity contribution is -0.139. The smallest absolute Gasteiger partial charge is 0.327 e. The van der Waals surface area contributed by atoms with Crippen LogP contribution in [0.15, 0.2) is 27.8 Å². The van der Waals surface area contributed by atoms with E-state index in [9.17, 15) is 24.3 Å². The number of fused-ring (bicyclic) bond motifs is 1. The molecule has 22 heavy (non-hydrogen) atoms. The normalized spacial score (nSPS) is 12.1. The van der Waals surface area contributed by atoms with Crippen LogP contribution in [-0.2, 0) is 9.59 Å². The molecule has 116 valence electrons. The molecule has 2 rings (SSSR count). The molecule has 0 aliphatic rings. The predicted octanol–water partition coefficient (Wildman–Crippen LogP) is -0.0477. The van der Waals surface area contributed by atoms with Crippen LogP contribution in [0.4, 0.5) is 5.69 Å². The molecule has 0 aliphatic heterocycles. The maximum absolute atomic E-state index is 12.0. The minimum atomic E-state index is -1.26. The van der Waals surface area contributed by atoms with Gasteiger partial charge in [0.15, 0.2) is 0 Å². The lowest BCUT2D eigenvalue weighted by Gasteiger charge is -2.27. The Labute approximate surface area is 129 Å². The molecule has 2 aromatic rings. The molecule has 8 nitrogen and oxygen atoms in total. The summed E-state index contributed by atoms with van der Waals surface area (Å²) in [6, 6.07) is 3.05. The Balaban J connectivity index is 2.84. The number of H-pyrrole nitrogens is 2. The number of benzene rings is 1. The van der Waals surface area contributed by atoms with Gasteiger partial charge in [0.25, 0.3) is 11.1 Å². The third-order valence-corrected chi connectivity index (χ3v) is 3.52. The van der Waals surface area contributed by atoms with Gasteiger partial charge in [-0.25, -0.2) is 4.79 Å². The van der Waals surface area contributed by atoms with Crippen molar-refractivity contribution in [1.29, 1.82) is 0 Å². The van der Waals surface area contributed by atoms with Gasteiger partial charge in [0.05, 0.1) is 16.5 Å². The van der Waals surface area contributed by atoms with Crippen molar-refractivity contribution < 1.29 is 14.7 Å². The number of aromatic amines is 2. The first-order chi connectivity index (χ1) is 10.4. The fourth-order valence-corrected chi connectivity index (χ4v) is 2.56. The van der Waals surface area contributed by atoms with E-state index in [4.69, 9.17) is 0 Å². The standard InChI is InChI=1S/C13H13N3O5S/c1-6(17)16(9(5-22)13(20)21)8-4-2-3-7-10(8)12(19)15-14-11(7)18/h2-4,9,22H,5H2,1H3,(H,14,18)(H,15,19)(H,20,21). The Bertz CT molecular complexity index is 857. The van der Waals surface area contributed by atoms with Gasteiger partial charge in [-0.15, -0.1) is 0 Å². The van der Waals surface area contributed by atoms with Gasteiger partial charge < -0.3 is 5.11 Å². The average molecular weight is 323 g/mol. The van der Waals surface area contributed by atoms with Crippen LogP contribution in [0.1, 0.15) is 6.92 Å². The summed E-state index contributed by atoms with van der Waals surface area (Å²) in [5.41, 5.74) is -1.11. The van der Waals surface area contributed by atoms with Crippen LogP contribution in [0, 0.1) is 0 Å². The largest absolute Gasteiger partial charge is 0.480 e. The monoisotopic (exact) mass is 323 g/mol. The summed E-state index contributed by atoms with van der Waals surface area (Å²) >= 11 is 3.95. The van der Waals surface area contributed by atoms with Crippen molar-refractivity contribution in [3.05, 3.63) is 38.9 Å². The number of anilines is 1. The maximum atomic E-state index is 12.0. The molecule has 1 aromatic heterocycles. The Morgan fingerprint density at radius 1 is 1.27 bits per heavy atom. The quantitative estimate of drug-likeness (QED) is 0.588. The second kappa shape index (κ2) is 6.06. The van der Waals surface area contributed by atoms with Crippen LogP contribution in [0.3, 0.4) is 0 Å². The summed E-state index contributed by atoms with van der Waals surface area (Å²) < 4.78 is 0. The van der Waals surface area contributed by atoms with Gasteiger partial charge >= 0.3 is 5.97 Å². The van der Waals surface area contributed by atoms with E-state index in [1.165, 1.54) is 25.1 Å². The Kier molecular flexibility index (Phi) is 4.36. The van der Waals surface area contributed by atoms with E-state index in [2.05, 4.69) is 22.8 Å². The van der Waals surface area contributed by atoms with Crippen molar-refractivity contribution in [3.8, 4) is 0 Å². The van der Waals surface area contributed by atoms with Crippen LogP contribution in [0.25, 0.3) is 10.8 Å². The van der Waals surface area contributed by atoms with E-state index in [0.717, 1.165) is 4.90 Å². The average Bonchev–Trinajstić information content (AvgIpc) is 2.47. The Morgan fingerprint density at radius 3 is 2.45 bits per heavy atom. The lowest BCUT2D eigenvalue weighted by Crippen LogP contribution is -2.46. The molecule has 0 fully saturated rings. The van der Waals surface area contributed by atoms with Crippen LogP contribution >= 0.6 is 12.6 Å². The molecule has 1 heterocycles. The van der Waals surface area contributed by atoms with Gasteiger partial charge in [0, 0.05) is 12.7 Å².